The lowest BCUT2D eigenvalue weighted by molar-refractivity contribution is 0.00299. The molecule has 8 heteroatoms. The first-order valence-corrected chi connectivity index (χ1v) is 10.1. The Morgan fingerprint density at radius 2 is 2.10 bits per heavy atom. The first kappa shape index (κ1) is 21.5. The van der Waals surface area contributed by atoms with Gasteiger partial charge in [0.15, 0.2) is 5.96 Å². The number of hydrogen-bond donors (Lipinski definition) is 3. The summed E-state index contributed by atoms with van der Waals surface area (Å²) in [5, 5.41) is 12.9. The maximum absolute atomic E-state index is 13.8. The van der Waals surface area contributed by atoms with E-state index in [9.17, 15) is 9.50 Å². The molecule has 2 aliphatic heterocycles. The fourth-order valence-electron chi connectivity index (χ4n) is 4.00. The van der Waals surface area contributed by atoms with Gasteiger partial charge in [0.25, 0.3) is 0 Å². The molecule has 7 nitrogen and oxygen atoms in total. The lowest BCUT2D eigenvalue weighted by Gasteiger charge is -2.34. The van der Waals surface area contributed by atoms with Crippen molar-refractivity contribution in [1.82, 2.24) is 15.1 Å². The molecule has 0 saturated carbocycles. The van der Waals surface area contributed by atoms with E-state index in [1.807, 2.05) is 6.20 Å². The topological polar surface area (TPSA) is 86.4 Å². The third-order valence-electron chi connectivity index (χ3n) is 5.96. The summed E-state index contributed by atoms with van der Waals surface area (Å²) in [6.45, 7) is 11.4. The van der Waals surface area contributed by atoms with E-state index in [4.69, 9.17) is 15.5 Å². The molecule has 0 spiro atoms. The summed E-state index contributed by atoms with van der Waals surface area (Å²) in [5.41, 5.74) is 7.71. The molecule has 0 amide bonds. The number of nitrogens with zero attached hydrogens (tertiary/aromatic N) is 3. The van der Waals surface area contributed by atoms with Gasteiger partial charge in [0.05, 0.1) is 31.9 Å². The van der Waals surface area contributed by atoms with E-state index < -0.39 is 0 Å². The Labute approximate surface area is 172 Å². The average Bonchev–Trinajstić information content (AvgIpc) is 2.77. The van der Waals surface area contributed by atoms with E-state index in [1.165, 1.54) is 12.1 Å². The van der Waals surface area contributed by atoms with Gasteiger partial charge < -0.3 is 25.8 Å². The van der Waals surface area contributed by atoms with Gasteiger partial charge in [-0.25, -0.2) is 9.38 Å². The van der Waals surface area contributed by atoms with Gasteiger partial charge in [-0.05, 0) is 43.3 Å². The molecule has 1 aromatic carbocycles. The highest BCUT2D eigenvalue weighted by Crippen LogP contribution is 2.24. The highest BCUT2D eigenvalue weighted by Gasteiger charge is 2.34. The maximum Gasteiger partial charge on any atom is 0.189 e. The Morgan fingerprint density at radius 1 is 1.34 bits per heavy atom. The molecular weight excluding hydrogens is 373 g/mol. The van der Waals surface area contributed by atoms with Crippen molar-refractivity contribution in [3.05, 3.63) is 47.9 Å². The lowest BCUT2D eigenvalue weighted by Crippen LogP contribution is -2.53. The number of nitrogens with one attached hydrogen (secondary N) is 1. The molecule has 1 aromatic rings. The molecule has 2 heterocycles. The first-order chi connectivity index (χ1) is 13.9. The van der Waals surface area contributed by atoms with E-state index >= 15 is 0 Å². The minimum absolute atomic E-state index is 0.0581. The molecule has 0 bridgehead atoms. The zero-order chi connectivity index (χ0) is 21.0. The average molecular weight is 406 g/mol. The van der Waals surface area contributed by atoms with E-state index in [-0.39, 0.29) is 36.6 Å². The van der Waals surface area contributed by atoms with Crippen LogP contribution in [0, 0.1) is 5.82 Å². The van der Waals surface area contributed by atoms with Gasteiger partial charge in [-0.2, -0.15) is 0 Å². The second kappa shape index (κ2) is 9.56. The Hall–Kier alpha value is -2.16. The van der Waals surface area contributed by atoms with Crippen molar-refractivity contribution in [3.63, 3.8) is 0 Å². The molecule has 2 aliphatic rings. The van der Waals surface area contributed by atoms with Crippen molar-refractivity contribution in [3.8, 4) is 0 Å². The van der Waals surface area contributed by atoms with Gasteiger partial charge in [-0.1, -0.05) is 12.6 Å². The summed E-state index contributed by atoms with van der Waals surface area (Å²) in [7, 11) is 0. The van der Waals surface area contributed by atoms with E-state index in [1.54, 1.807) is 6.07 Å². The molecule has 29 heavy (non-hydrogen) atoms. The second-order valence-corrected chi connectivity index (χ2v) is 7.83. The number of aliphatic imine (C=N–C) groups is 1. The summed E-state index contributed by atoms with van der Waals surface area (Å²) in [5.74, 6) is 0.112. The minimum atomic E-state index is -0.300. The SMILES string of the molecule is C=CN1CCN(Cc2cc(F)ccc2CO)C(C)[C@H](N=C(N)NC2COC2)C1C. The second-order valence-electron chi connectivity index (χ2n) is 7.83. The molecule has 2 unspecified atom stereocenters. The number of nitrogens with two attached hydrogens (primary N) is 1. The van der Waals surface area contributed by atoms with Crippen LogP contribution in [0.2, 0.25) is 0 Å². The normalized spacial score (nSPS) is 26.7. The molecule has 3 atom stereocenters. The van der Waals surface area contributed by atoms with E-state index in [0.717, 1.165) is 24.2 Å². The van der Waals surface area contributed by atoms with Crippen molar-refractivity contribution in [2.45, 2.75) is 51.2 Å². The Kier molecular flexibility index (Phi) is 7.10. The van der Waals surface area contributed by atoms with Crippen molar-refractivity contribution in [2.24, 2.45) is 10.7 Å². The van der Waals surface area contributed by atoms with Gasteiger partial charge in [0.2, 0.25) is 0 Å². The van der Waals surface area contributed by atoms with Crippen LogP contribution in [0.5, 0.6) is 0 Å². The van der Waals surface area contributed by atoms with Gasteiger partial charge in [0, 0.05) is 31.7 Å². The molecule has 2 saturated heterocycles. The molecule has 0 aromatic heterocycles. The minimum Gasteiger partial charge on any atom is -0.392 e. The number of aliphatic hydroxyl groups excluding tert-OH is 1. The van der Waals surface area contributed by atoms with Crippen LogP contribution in [0.15, 0.2) is 36.0 Å². The zero-order valence-electron chi connectivity index (χ0n) is 17.2. The Bertz CT molecular complexity index is 740. The van der Waals surface area contributed by atoms with Crippen molar-refractivity contribution >= 4 is 5.96 Å². The van der Waals surface area contributed by atoms with Gasteiger partial charge in [0.1, 0.15) is 5.82 Å². The monoisotopic (exact) mass is 405 g/mol. The van der Waals surface area contributed by atoms with Crippen molar-refractivity contribution in [2.75, 3.05) is 26.3 Å². The van der Waals surface area contributed by atoms with Crippen LogP contribution in [-0.2, 0) is 17.9 Å². The molecular formula is C21H32FN5O2. The van der Waals surface area contributed by atoms with Crippen LogP contribution in [0.25, 0.3) is 0 Å². The number of benzene rings is 1. The van der Waals surface area contributed by atoms with Gasteiger partial charge in [-0.15, -0.1) is 0 Å². The molecule has 4 N–H and O–H groups in total. The highest BCUT2D eigenvalue weighted by molar-refractivity contribution is 5.78. The van der Waals surface area contributed by atoms with Crippen LogP contribution < -0.4 is 11.1 Å². The molecule has 160 valence electrons. The molecule has 0 aliphatic carbocycles. The molecule has 3 rings (SSSR count). The number of halogens is 1. The number of hydrogen-bond acceptors (Lipinski definition) is 5. The lowest BCUT2D eigenvalue weighted by atomic mass is 10.0. The Morgan fingerprint density at radius 3 is 2.72 bits per heavy atom. The fraction of sp³-hybridized carbons (Fsp3) is 0.571. The third-order valence-corrected chi connectivity index (χ3v) is 5.96. The summed E-state index contributed by atoms with van der Waals surface area (Å²) in [6, 6.07) is 4.80. The summed E-state index contributed by atoms with van der Waals surface area (Å²) in [4.78, 5) is 9.24. The van der Waals surface area contributed by atoms with Crippen LogP contribution in [0.4, 0.5) is 4.39 Å². The standard InChI is InChI=1S/C21H32FN5O2/c1-4-26-7-8-27(10-17-9-18(22)6-5-16(17)11-28)15(3)20(14(26)2)25-21(23)24-19-12-29-13-19/h4-6,9,14-15,19-20,28H,1,7-8,10-13H2,2-3H3,(H3,23,24,25)/t14?,15?,20-/m1/s1. The van der Waals surface area contributed by atoms with Crippen LogP contribution in [0.3, 0.4) is 0 Å². The maximum atomic E-state index is 13.8. The summed E-state index contributed by atoms with van der Waals surface area (Å²) >= 11 is 0. The predicted molar refractivity (Wildman–Crippen MR) is 112 cm³/mol. The van der Waals surface area contributed by atoms with Crippen LogP contribution in [0.1, 0.15) is 25.0 Å². The van der Waals surface area contributed by atoms with E-state index in [2.05, 4.69) is 35.5 Å². The van der Waals surface area contributed by atoms with E-state index in [0.29, 0.717) is 25.7 Å². The Balaban J connectivity index is 1.83. The fourth-order valence-corrected chi connectivity index (χ4v) is 4.00. The quantitative estimate of drug-likeness (QED) is 0.484. The largest absolute Gasteiger partial charge is 0.392 e. The van der Waals surface area contributed by atoms with Crippen molar-refractivity contribution < 1.29 is 14.2 Å². The van der Waals surface area contributed by atoms with Crippen molar-refractivity contribution in [1.29, 1.82) is 0 Å². The summed E-state index contributed by atoms with van der Waals surface area (Å²) in [6.07, 6.45) is 1.84. The predicted octanol–water partition coefficient (Wildman–Crippen LogP) is 1.03. The number of rotatable bonds is 6. The molecule has 0 radical (unpaired) electrons. The smallest absolute Gasteiger partial charge is 0.189 e. The number of ether oxygens (including phenoxy) is 1. The molecule has 2 fully saturated rings. The third kappa shape index (κ3) is 5.07. The zero-order valence-corrected chi connectivity index (χ0v) is 17.2. The van der Waals surface area contributed by atoms with Crippen LogP contribution >= 0.6 is 0 Å². The highest BCUT2D eigenvalue weighted by atomic mass is 19.1. The van der Waals surface area contributed by atoms with Gasteiger partial charge in [-0.3, -0.25) is 4.90 Å². The first-order valence-electron chi connectivity index (χ1n) is 10.1. The van der Waals surface area contributed by atoms with Crippen LogP contribution in [-0.4, -0.2) is 71.3 Å². The van der Waals surface area contributed by atoms with Gasteiger partial charge >= 0.3 is 0 Å². The number of guanidine groups is 1. The number of aliphatic hydroxyl groups is 1. The summed E-state index contributed by atoms with van der Waals surface area (Å²) < 4.78 is 19.0.